The lowest BCUT2D eigenvalue weighted by atomic mass is 10.9. The fourth-order valence-corrected chi connectivity index (χ4v) is 21.3. The van der Waals surface area contributed by atoms with Crippen molar-refractivity contribution in [2.24, 2.45) is 0 Å². The summed E-state index contributed by atoms with van der Waals surface area (Å²) in [6.45, 7) is 14.9. The van der Waals surface area contributed by atoms with Gasteiger partial charge in [-0.1, -0.05) is 71.4 Å². The molecule has 0 fully saturated rings. The Kier molecular flexibility index (Phi) is 5.53. The van der Waals surface area contributed by atoms with Crippen molar-refractivity contribution in [3.63, 3.8) is 0 Å². The van der Waals surface area contributed by atoms with E-state index >= 15 is 0 Å². The van der Waals surface area contributed by atoms with Crippen LogP contribution in [0.1, 0.15) is 34.6 Å². The van der Waals surface area contributed by atoms with Crippen LogP contribution < -0.4 is 0 Å². The van der Waals surface area contributed by atoms with Gasteiger partial charge in [-0.05, 0) is 0 Å². The van der Waals surface area contributed by atoms with Gasteiger partial charge in [0.05, 0.1) is 0 Å². The first-order valence-electron chi connectivity index (χ1n) is 6.05. The molecule has 0 unspecified atom stereocenters. The first-order valence-corrected chi connectivity index (χ1v) is 12.6. The zero-order valence-electron chi connectivity index (χ0n) is 10.5. The van der Waals surface area contributed by atoms with Gasteiger partial charge in [-0.15, -0.1) is 0 Å². The summed E-state index contributed by atoms with van der Waals surface area (Å²) in [5.41, 5.74) is 0. The van der Waals surface area contributed by atoms with Gasteiger partial charge >= 0.3 is 0 Å². The predicted molar refractivity (Wildman–Crippen MR) is 69.8 cm³/mol. The molecule has 0 aliphatic carbocycles. The maximum Gasteiger partial charge on any atom is 0.0468 e. The van der Waals surface area contributed by atoms with Crippen molar-refractivity contribution in [1.82, 2.24) is 0 Å². The highest BCUT2D eigenvalue weighted by Gasteiger charge is 2.44. The summed E-state index contributed by atoms with van der Waals surface area (Å²) < 4.78 is 0. The van der Waals surface area contributed by atoms with Crippen LogP contribution in [-0.2, 0) is 0 Å². The molecule has 0 saturated heterocycles. The van der Waals surface area contributed by atoms with Gasteiger partial charge in [-0.2, -0.15) is 0 Å². The van der Waals surface area contributed by atoms with E-state index in [9.17, 15) is 0 Å². The zero-order chi connectivity index (χ0) is 10.5. The highest BCUT2D eigenvalue weighted by atomic mass is 29.3. The molecule has 0 nitrogen and oxygen atoms in total. The Morgan fingerprint density at radius 2 is 0.923 bits per heavy atom. The van der Waals surface area contributed by atoms with Gasteiger partial charge in [0.15, 0.2) is 0 Å². The van der Waals surface area contributed by atoms with Crippen molar-refractivity contribution < 1.29 is 0 Å². The topological polar surface area (TPSA) is 0 Å². The normalized spacial score (nSPS) is 13.4. The summed E-state index contributed by atoms with van der Waals surface area (Å²) >= 11 is 0. The Bertz CT molecular complexity index is 127. The third-order valence-electron chi connectivity index (χ3n) is 4.87. The zero-order valence-corrected chi connectivity index (χ0v) is 12.5. The quantitative estimate of drug-likeness (QED) is 0.565. The molecule has 0 amide bonds. The van der Waals surface area contributed by atoms with Crippen LogP contribution in [0.2, 0.25) is 36.8 Å². The third-order valence-corrected chi connectivity index (χ3v) is 27.6. The second-order valence-corrected chi connectivity index (χ2v) is 20.6. The van der Waals surface area contributed by atoms with Gasteiger partial charge in [0, 0.05) is 15.2 Å². The lowest BCUT2D eigenvalue weighted by molar-refractivity contribution is 1.17. The van der Waals surface area contributed by atoms with E-state index in [2.05, 4.69) is 41.2 Å². The van der Waals surface area contributed by atoms with E-state index in [1.54, 1.807) is 0 Å². The molecule has 0 aliphatic heterocycles. The van der Waals surface area contributed by atoms with Gasteiger partial charge < -0.3 is 0 Å². The Morgan fingerprint density at radius 3 is 1.00 bits per heavy atom. The number of rotatable bonds is 6. The molecule has 0 aromatic heterocycles. The average molecular weight is 217 g/mol. The average Bonchev–Trinajstić information content (AvgIpc) is 2.20. The van der Waals surface area contributed by atoms with Crippen molar-refractivity contribution >= 4 is 15.2 Å². The van der Waals surface area contributed by atoms with Gasteiger partial charge in [0.25, 0.3) is 0 Å². The molecule has 0 saturated carbocycles. The van der Waals surface area contributed by atoms with Crippen LogP contribution in [-0.4, -0.2) is 15.2 Å². The Labute approximate surface area is 86.9 Å². The molecule has 0 aromatic rings. The fraction of sp³-hybridized carbons (Fsp3) is 1.00. The Morgan fingerprint density at radius 1 is 0.615 bits per heavy atom. The third kappa shape index (κ3) is 2.27. The summed E-state index contributed by atoms with van der Waals surface area (Å²) in [5, 5.41) is 0. The van der Waals surface area contributed by atoms with E-state index in [0.29, 0.717) is 0 Å². The molecular formula is C11H28Si2. The highest BCUT2D eigenvalue weighted by molar-refractivity contribution is 7.42. The van der Waals surface area contributed by atoms with Crippen LogP contribution in [0.4, 0.5) is 0 Å². The smallest absolute Gasteiger partial charge is 0.0468 e. The van der Waals surface area contributed by atoms with E-state index in [1.807, 2.05) is 0 Å². The van der Waals surface area contributed by atoms with Crippen LogP contribution in [0.5, 0.6) is 0 Å². The van der Waals surface area contributed by atoms with Crippen LogP contribution in [0.15, 0.2) is 0 Å². The van der Waals surface area contributed by atoms with Gasteiger partial charge in [0.1, 0.15) is 0 Å². The number of hydrogen-bond donors (Lipinski definition) is 0. The summed E-state index contributed by atoms with van der Waals surface area (Å²) in [7, 11) is -1.67. The Hall–Kier alpha value is 0.434. The molecule has 0 aliphatic rings. The van der Waals surface area contributed by atoms with E-state index in [4.69, 9.17) is 0 Å². The minimum Gasteiger partial charge on any atom is -0.0711 e. The maximum atomic E-state index is 2.68. The summed E-state index contributed by atoms with van der Waals surface area (Å²) in [6, 6.07) is 7.63. The van der Waals surface area contributed by atoms with Gasteiger partial charge in [0.2, 0.25) is 0 Å². The molecule has 80 valence electrons. The second-order valence-electron chi connectivity index (χ2n) is 4.61. The van der Waals surface area contributed by atoms with Crippen molar-refractivity contribution in [1.29, 1.82) is 0 Å². The summed E-state index contributed by atoms with van der Waals surface area (Å²) in [4.78, 5) is 0. The minimum atomic E-state index is -0.838. The molecular weight excluding hydrogens is 188 g/mol. The van der Waals surface area contributed by atoms with Crippen LogP contribution in [0.25, 0.3) is 0 Å². The molecule has 0 heterocycles. The maximum absolute atomic E-state index is 2.68. The fourth-order valence-electron chi connectivity index (χ4n) is 3.03. The van der Waals surface area contributed by atoms with Crippen molar-refractivity contribution in [3.05, 3.63) is 0 Å². The monoisotopic (exact) mass is 216 g/mol. The van der Waals surface area contributed by atoms with Crippen LogP contribution >= 0.6 is 0 Å². The lowest BCUT2D eigenvalue weighted by Gasteiger charge is -2.44. The van der Waals surface area contributed by atoms with E-state index in [-0.39, 0.29) is 0 Å². The van der Waals surface area contributed by atoms with Gasteiger partial charge in [-0.3, -0.25) is 0 Å². The molecule has 0 aromatic carbocycles. The molecule has 13 heavy (non-hydrogen) atoms. The van der Waals surface area contributed by atoms with Crippen LogP contribution in [0.3, 0.4) is 0 Å². The standard InChI is InChI=1S/C11H28Si2/c1-7-12(6,8-2)13(9-3,10-4)11-5/h7-11H2,1-6H3. The molecule has 0 spiro atoms. The Balaban J connectivity index is 4.87. The first kappa shape index (κ1) is 13.4. The summed E-state index contributed by atoms with van der Waals surface area (Å²) in [6.07, 6.45) is 0. The largest absolute Gasteiger partial charge is 0.0711 e. The van der Waals surface area contributed by atoms with Crippen molar-refractivity contribution in [3.8, 4) is 0 Å². The van der Waals surface area contributed by atoms with E-state index in [0.717, 1.165) is 0 Å². The van der Waals surface area contributed by atoms with Crippen molar-refractivity contribution in [2.75, 3.05) is 0 Å². The molecule has 0 radical (unpaired) electrons. The molecule has 0 atom stereocenters. The second kappa shape index (κ2) is 5.35. The van der Waals surface area contributed by atoms with E-state index in [1.165, 1.54) is 30.2 Å². The first-order chi connectivity index (χ1) is 6.05. The molecule has 0 bridgehead atoms. The summed E-state index contributed by atoms with van der Waals surface area (Å²) in [5.74, 6) is 0. The molecule has 0 rings (SSSR count). The lowest BCUT2D eigenvalue weighted by Crippen LogP contribution is -2.58. The SMILES string of the molecule is CC[Si](C)(CC)[Si](CC)(CC)CC. The molecule has 0 N–H and O–H groups in total. The molecule has 2 heteroatoms. The van der Waals surface area contributed by atoms with Crippen molar-refractivity contribution in [2.45, 2.75) is 71.4 Å². The minimum absolute atomic E-state index is 0.832. The highest BCUT2D eigenvalue weighted by Crippen LogP contribution is 2.35. The van der Waals surface area contributed by atoms with Crippen LogP contribution in [0, 0.1) is 0 Å². The van der Waals surface area contributed by atoms with Gasteiger partial charge in [-0.25, -0.2) is 0 Å². The number of hydrogen-bond acceptors (Lipinski definition) is 0. The van der Waals surface area contributed by atoms with E-state index < -0.39 is 15.2 Å². The predicted octanol–water partition coefficient (Wildman–Crippen LogP) is 4.69.